The van der Waals surface area contributed by atoms with Gasteiger partial charge in [0.15, 0.2) is 0 Å². The molecule has 0 saturated heterocycles. The van der Waals surface area contributed by atoms with E-state index in [0.29, 0.717) is 0 Å². The first-order valence-corrected chi connectivity index (χ1v) is 21.8. The van der Waals surface area contributed by atoms with Crippen molar-refractivity contribution in [3.05, 3.63) is 224 Å². The molecule has 294 valence electrons. The van der Waals surface area contributed by atoms with E-state index in [4.69, 9.17) is 0 Å². The van der Waals surface area contributed by atoms with E-state index in [1.54, 1.807) is 0 Å². The summed E-state index contributed by atoms with van der Waals surface area (Å²) in [5.41, 5.74) is 23.5. The Morgan fingerprint density at radius 2 is 0.841 bits per heavy atom. The van der Waals surface area contributed by atoms with Crippen LogP contribution < -0.4 is 4.90 Å². The Kier molecular flexibility index (Phi) is 8.04. The van der Waals surface area contributed by atoms with E-state index in [1.807, 2.05) is 36.9 Å². The molecule has 0 spiro atoms. The highest BCUT2D eigenvalue weighted by Gasteiger charge is 2.26. The number of allylic oxidation sites excluding steroid dienone is 4. The Morgan fingerprint density at radius 1 is 0.333 bits per heavy atom. The number of hydrogen-bond acceptors (Lipinski definition) is 3. The Hall–Kier alpha value is -8.14. The molecule has 0 amide bonds. The highest BCUT2D eigenvalue weighted by molar-refractivity contribution is 6.19. The summed E-state index contributed by atoms with van der Waals surface area (Å²) in [6, 6.07) is 64.9. The largest absolute Gasteiger partial charge is 0.314 e. The zero-order valence-corrected chi connectivity index (χ0v) is 34.5. The zero-order chi connectivity index (χ0) is 41.4. The maximum atomic E-state index is 4.51. The quantitative estimate of drug-likeness (QED) is 0.161. The molecule has 3 aliphatic carbocycles. The summed E-state index contributed by atoms with van der Waals surface area (Å²) in [6.45, 7) is 0. The third-order valence-electron chi connectivity index (χ3n) is 13.5. The second-order valence-corrected chi connectivity index (χ2v) is 16.9. The van der Waals surface area contributed by atoms with Crippen LogP contribution in [0.4, 0.5) is 11.4 Å². The van der Waals surface area contributed by atoms with E-state index in [2.05, 4.69) is 191 Å². The molecule has 0 aliphatic heterocycles. The van der Waals surface area contributed by atoms with Gasteiger partial charge in [0.2, 0.25) is 0 Å². The van der Waals surface area contributed by atoms with Gasteiger partial charge in [0.25, 0.3) is 0 Å². The van der Waals surface area contributed by atoms with Crippen LogP contribution in [0.15, 0.2) is 219 Å². The molecule has 3 heteroatoms. The van der Waals surface area contributed by atoms with Crippen molar-refractivity contribution in [1.82, 2.24) is 9.97 Å². The topological polar surface area (TPSA) is 29.0 Å². The SMILES string of the molecule is C1=C(c2ccc3c4c(cccc24)-c2ccccc2-3)CCC(N(c2ccc(-c3ccc4c5c(cccc35)-c3ccccc3-4)cc2)c2cc(-c3cccnc3)cc(-c3cccnc3)c2)=C1. The molecule has 10 aromatic rings. The van der Waals surface area contributed by atoms with E-state index in [9.17, 15) is 0 Å². The van der Waals surface area contributed by atoms with Gasteiger partial charge >= 0.3 is 0 Å². The average molecular weight is 802 g/mol. The van der Waals surface area contributed by atoms with Gasteiger partial charge in [0, 0.05) is 53.0 Å². The molecule has 3 aliphatic rings. The number of fused-ring (bicyclic) bond motifs is 6. The average Bonchev–Trinajstić information content (AvgIpc) is 3.87. The van der Waals surface area contributed by atoms with Crippen molar-refractivity contribution in [1.29, 1.82) is 0 Å². The third kappa shape index (κ3) is 5.67. The van der Waals surface area contributed by atoms with Crippen LogP contribution in [-0.2, 0) is 0 Å². The Bertz CT molecular complexity index is 3430. The molecule has 0 bridgehead atoms. The molecule has 0 N–H and O–H groups in total. The number of nitrogens with zero attached hydrogens (tertiary/aromatic N) is 3. The zero-order valence-electron chi connectivity index (χ0n) is 34.5. The number of pyridine rings is 2. The lowest BCUT2D eigenvalue weighted by Crippen LogP contribution is -2.18. The Labute approximate surface area is 366 Å². The molecule has 2 aromatic heterocycles. The normalized spacial score (nSPS) is 13.1. The molecular weight excluding hydrogens is 763 g/mol. The minimum Gasteiger partial charge on any atom is -0.314 e. The Morgan fingerprint density at radius 3 is 1.37 bits per heavy atom. The molecule has 0 saturated carbocycles. The molecule has 3 nitrogen and oxygen atoms in total. The van der Waals surface area contributed by atoms with Gasteiger partial charge in [0.05, 0.1) is 0 Å². The van der Waals surface area contributed by atoms with Crippen molar-refractivity contribution in [3.63, 3.8) is 0 Å². The van der Waals surface area contributed by atoms with Crippen molar-refractivity contribution < 1.29 is 0 Å². The van der Waals surface area contributed by atoms with Crippen molar-refractivity contribution in [3.8, 4) is 77.9 Å². The molecule has 13 rings (SSSR count). The van der Waals surface area contributed by atoms with Crippen LogP contribution in [0.3, 0.4) is 0 Å². The van der Waals surface area contributed by atoms with E-state index >= 15 is 0 Å². The maximum absolute atomic E-state index is 4.51. The van der Waals surface area contributed by atoms with Crippen molar-refractivity contribution in [2.24, 2.45) is 0 Å². The van der Waals surface area contributed by atoms with E-state index in [0.717, 1.165) is 46.5 Å². The van der Waals surface area contributed by atoms with Crippen LogP contribution in [-0.4, -0.2) is 9.97 Å². The first kappa shape index (κ1) is 35.6. The summed E-state index contributed by atoms with van der Waals surface area (Å²) in [7, 11) is 0. The number of anilines is 2. The molecule has 8 aromatic carbocycles. The summed E-state index contributed by atoms with van der Waals surface area (Å²) in [5, 5.41) is 5.33. The van der Waals surface area contributed by atoms with Crippen LogP contribution in [0.25, 0.3) is 105 Å². The monoisotopic (exact) mass is 801 g/mol. The summed E-state index contributed by atoms with van der Waals surface area (Å²) in [5.74, 6) is 0. The van der Waals surface area contributed by atoms with Crippen LogP contribution in [0.2, 0.25) is 0 Å². The predicted molar refractivity (Wildman–Crippen MR) is 263 cm³/mol. The van der Waals surface area contributed by atoms with Gasteiger partial charge in [0.1, 0.15) is 0 Å². The second-order valence-electron chi connectivity index (χ2n) is 16.9. The lowest BCUT2D eigenvalue weighted by molar-refractivity contribution is 0.931. The van der Waals surface area contributed by atoms with Crippen LogP contribution in [0.5, 0.6) is 0 Å². The van der Waals surface area contributed by atoms with E-state index in [-0.39, 0.29) is 0 Å². The highest BCUT2D eigenvalue weighted by Crippen LogP contribution is 2.51. The van der Waals surface area contributed by atoms with Crippen molar-refractivity contribution in [2.75, 3.05) is 4.90 Å². The van der Waals surface area contributed by atoms with Gasteiger partial charge in [-0.1, -0.05) is 140 Å². The maximum Gasteiger partial charge on any atom is 0.0470 e. The van der Waals surface area contributed by atoms with Crippen LogP contribution in [0, 0.1) is 0 Å². The van der Waals surface area contributed by atoms with Gasteiger partial charge in [-0.25, -0.2) is 0 Å². The molecular formula is C60H39N3. The summed E-state index contributed by atoms with van der Waals surface area (Å²) in [4.78, 5) is 11.5. The number of aromatic nitrogens is 2. The van der Waals surface area contributed by atoms with E-state index in [1.165, 1.54) is 94.0 Å². The second kappa shape index (κ2) is 14.2. The van der Waals surface area contributed by atoms with Crippen LogP contribution >= 0.6 is 0 Å². The van der Waals surface area contributed by atoms with Gasteiger partial charge in [-0.3, -0.25) is 9.97 Å². The fourth-order valence-corrected chi connectivity index (χ4v) is 10.6. The summed E-state index contributed by atoms with van der Waals surface area (Å²) >= 11 is 0. The highest BCUT2D eigenvalue weighted by atomic mass is 15.1. The minimum atomic E-state index is 0.880. The molecule has 0 unspecified atom stereocenters. The fourth-order valence-electron chi connectivity index (χ4n) is 10.6. The fraction of sp³-hybridized carbons (Fsp3) is 0.0333. The first-order chi connectivity index (χ1) is 31.2. The smallest absolute Gasteiger partial charge is 0.0470 e. The Balaban J connectivity index is 0.949. The van der Waals surface area contributed by atoms with Crippen molar-refractivity contribution >= 4 is 38.5 Å². The van der Waals surface area contributed by atoms with Gasteiger partial charge in [-0.15, -0.1) is 0 Å². The van der Waals surface area contributed by atoms with Gasteiger partial charge in [-0.05, 0) is 161 Å². The summed E-state index contributed by atoms with van der Waals surface area (Å²) < 4.78 is 0. The molecule has 0 fully saturated rings. The van der Waals surface area contributed by atoms with E-state index < -0.39 is 0 Å². The number of rotatable bonds is 7. The molecule has 0 atom stereocenters. The van der Waals surface area contributed by atoms with Gasteiger partial charge in [-0.2, -0.15) is 0 Å². The third-order valence-corrected chi connectivity index (χ3v) is 13.5. The number of hydrogen-bond donors (Lipinski definition) is 0. The first-order valence-electron chi connectivity index (χ1n) is 21.8. The minimum absolute atomic E-state index is 0.880. The molecule has 2 heterocycles. The predicted octanol–water partition coefficient (Wildman–Crippen LogP) is 16.0. The lowest BCUT2D eigenvalue weighted by atomic mass is 9.89. The molecule has 0 radical (unpaired) electrons. The van der Waals surface area contributed by atoms with Crippen molar-refractivity contribution in [2.45, 2.75) is 12.8 Å². The number of benzene rings is 8. The molecule has 63 heavy (non-hydrogen) atoms. The van der Waals surface area contributed by atoms with Crippen LogP contribution in [0.1, 0.15) is 18.4 Å². The standard InChI is InChI=1S/C60H39N3/c1-3-13-51-49(11-1)55-17-5-15-53-47(27-29-57(51)59(53)55)38-19-23-44(24-20-38)63(46-34-42(40-9-7-31-61-36-40)33-43(35-46)41-10-8-32-62-37-41)45-25-21-39(22-26-45)48-28-30-58-52-14-4-2-12-50(52)56-18-6-16-54(48)60(56)58/h1-21,23-25,27-37H,22,26H2. The lowest BCUT2D eigenvalue weighted by Gasteiger charge is -2.31. The van der Waals surface area contributed by atoms with Gasteiger partial charge < -0.3 is 4.90 Å². The summed E-state index contributed by atoms with van der Waals surface area (Å²) in [6.07, 6.45) is 14.1.